The van der Waals surface area contributed by atoms with E-state index in [4.69, 9.17) is 4.74 Å². The maximum atomic E-state index is 11.1. The summed E-state index contributed by atoms with van der Waals surface area (Å²) in [5.74, 6) is 1.76. The van der Waals surface area contributed by atoms with Gasteiger partial charge in [-0.15, -0.1) is 0 Å². The number of hydrogen-bond donors (Lipinski definition) is 2. The lowest BCUT2D eigenvalue weighted by Gasteiger charge is -2.27. The number of nitro groups is 1. The Labute approximate surface area is 130 Å². The van der Waals surface area contributed by atoms with E-state index in [9.17, 15) is 10.1 Å². The summed E-state index contributed by atoms with van der Waals surface area (Å²) >= 11 is 0. The fourth-order valence-corrected chi connectivity index (χ4v) is 2.69. The molecule has 0 saturated heterocycles. The first-order valence-electron chi connectivity index (χ1n) is 7.75. The summed E-state index contributed by atoms with van der Waals surface area (Å²) in [4.78, 5) is 15.0. The summed E-state index contributed by atoms with van der Waals surface area (Å²) in [6.45, 7) is 3.23. The van der Waals surface area contributed by atoms with Crippen LogP contribution in [0.25, 0.3) is 0 Å². The van der Waals surface area contributed by atoms with Crippen LogP contribution >= 0.6 is 0 Å². The van der Waals surface area contributed by atoms with Crippen molar-refractivity contribution in [2.75, 3.05) is 30.9 Å². The van der Waals surface area contributed by atoms with Crippen LogP contribution in [-0.2, 0) is 4.74 Å². The molecule has 1 fully saturated rings. The van der Waals surface area contributed by atoms with Crippen molar-refractivity contribution in [2.24, 2.45) is 5.92 Å². The Bertz CT molecular complexity index is 502. The molecule has 1 saturated carbocycles. The average molecular weight is 308 g/mol. The summed E-state index contributed by atoms with van der Waals surface area (Å²) in [7, 11) is 1.59. The van der Waals surface area contributed by atoms with Crippen LogP contribution in [0.5, 0.6) is 0 Å². The second-order valence-electron chi connectivity index (χ2n) is 5.84. The van der Waals surface area contributed by atoms with Gasteiger partial charge in [0.25, 0.3) is 0 Å². The van der Waals surface area contributed by atoms with Gasteiger partial charge in [0, 0.05) is 25.8 Å². The molecule has 1 aliphatic rings. The number of pyridine rings is 1. The molecule has 2 N–H and O–H groups in total. The summed E-state index contributed by atoms with van der Waals surface area (Å²) in [6, 6.07) is 3.57. The molecule has 0 atom stereocenters. The molecule has 2 rings (SSSR count). The van der Waals surface area contributed by atoms with Crippen LogP contribution in [0.2, 0.25) is 0 Å². The molecule has 7 nitrogen and oxygen atoms in total. The SMILES string of the molecule is COCCNc1nc(NC2CCC(C)CC2)ccc1[N+](=O)[O-]. The van der Waals surface area contributed by atoms with Crippen LogP contribution in [-0.4, -0.2) is 36.2 Å². The van der Waals surface area contributed by atoms with E-state index in [1.807, 2.05) is 0 Å². The van der Waals surface area contributed by atoms with Crippen LogP contribution in [0.3, 0.4) is 0 Å². The van der Waals surface area contributed by atoms with E-state index in [0.717, 1.165) is 18.8 Å². The van der Waals surface area contributed by atoms with Crippen LogP contribution in [0.4, 0.5) is 17.3 Å². The quantitative estimate of drug-likeness (QED) is 0.457. The molecule has 0 aliphatic heterocycles. The van der Waals surface area contributed by atoms with Crippen molar-refractivity contribution in [1.82, 2.24) is 4.98 Å². The highest BCUT2D eigenvalue weighted by Gasteiger charge is 2.20. The van der Waals surface area contributed by atoms with Crippen molar-refractivity contribution in [3.8, 4) is 0 Å². The summed E-state index contributed by atoms with van der Waals surface area (Å²) in [6.07, 6.45) is 4.66. The van der Waals surface area contributed by atoms with Gasteiger partial charge >= 0.3 is 5.69 Å². The van der Waals surface area contributed by atoms with Crippen molar-refractivity contribution in [2.45, 2.75) is 38.6 Å². The Morgan fingerprint density at radius 1 is 1.36 bits per heavy atom. The maximum absolute atomic E-state index is 11.1. The van der Waals surface area contributed by atoms with E-state index in [0.29, 0.717) is 25.0 Å². The van der Waals surface area contributed by atoms with Gasteiger partial charge in [-0.3, -0.25) is 10.1 Å². The van der Waals surface area contributed by atoms with E-state index in [2.05, 4.69) is 22.5 Å². The smallest absolute Gasteiger partial charge is 0.311 e. The molecule has 0 amide bonds. The lowest BCUT2D eigenvalue weighted by molar-refractivity contribution is -0.384. The molecular formula is C15H24N4O3. The van der Waals surface area contributed by atoms with Crippen molar-refractivity contribution >= 4 is 17.3 Å². The highest BCUT2D eigenvalue weighted by atomic mass is 16.6. The van der Waals surface area contributed by atoms with Crippen LogP contribution < -0.4 is 10.6 Å². The molecule has 122 valence electrons. The van der Waals surface area contributed by atoms with Gasteiger partial charge in [-0.05, 0) is 37.7 Å². The third kappa shape index (κ3) is 4.56. The van der Waals surface area contributed by atoms with E-state index in [1.54, 1.807) is 13.2 Å². The number of anilines is 2. The first-order valence-corrected chi connectivity index (χ1v) is 7.75. The van der Waals surface area contributed by atoms with Crippen LogP contribution in [0.1, 0.15) is 32.6 Å². The predicted molar refractivity (Wildman–Crippen MR) is 86.3 cm³/mol. The Hall–Kier alpha value is -1.89. The normalized spacial score (nSPS) is 21.4. The van der Waals surface area contributed by atoms with Crippen molar-refractivity contribution < 1.29 is 9.66 Å². The third-order valence-corrected chi connectivity index (χ3v) is 4.04. The molecule has 22 heavy (non-hydrogen) atoms. The van der Waals surface area contributed by atoms with Crippen molar-refractivity contribution in [3.63, 3.8) is 0 Å². The Morgan fingerprint density at radius 2 is 2.09 bits per heavy atom. The molecule has 1 aromatic rings. The Balaban J connectivity index is 2.05. The Morgan fingerprint density at radius 3 is 2.73 bits per heavy atom. The van der Waals surface area contributed by atoms with Crippen LogP contribution in [0.15, 0.2) is 12.1 Å². The lowest BCUT2D eigenvalue weighted by Crippen LogP contribution is -2.25. The maximum Gasteiger partial charge on any atom is 0.311 e. The molecule has 1 aliphatic carbocycles. The molecule has 0 unspecified atom stereocenters. The Kier molecular flexibility index (Phi) is 5.94. The van der Waals surface area contributed by atoms with E-state index in [-0.39, 0.29) is 11.5 Å². The highest BCUT2D eigenvalue weighted by molar-refractivity contribution is 5.60. The molecule has 0 spiro atoms. The van der Waals surface area contributed by atoms with E-state index >= 15 is 0 Å². The van der Waals surface area contributed by atoms with Crippen molar-refractivity contribution in [1.29, 1.82) is 0 Å². The number of aromatic nitrogens is 1. The molecule has 0 radical (unpaired) electrons. The minimum atomic E-state index is -0.422. The van der Waals surface area contributed by atoms with Gasteiger partial charge in [0.05, 0.1) is 11.5 Å². The van der Waals surface area contributed by atoms with Gasteiger partial charge in [0.15, 0.2) is 0 Å². The molecule has 7 heteroatoms. The topological polar surface area (TPSA) is 89.3 Å². The van der Waals surface area contributed by atoms with E-state index in [1.165, 1.54) is 18.9 Å². The number of nitrogens with one attached hydrogen (secondary N) is 2. The minimum Gasteiger partial charge on any atom is -0.383 e. The molecule has 1 heterocycles. The number of hydrogen-bond acceptors (Lipinski definition) is 6. The second-order valence-corrected chi connectivity index (χ2v) is 5.84. The molecule has 0 aromatic carbocycles. The lowest BCUT2D eigenvalue weighted by atomic mass is 9.87. The van der Waals surface area contributed by atoms with Gasteiger partial charge in [0.2, 0.25) is 5.82 Å². The van der Waals surface area contributed by atoms with Gasteiger partial charge in [0.1, 0.15) is 5.82 Å². The van der Waals surface area contributed by atoms with Gasteiger partial charge in [-0.25, -0.2) is 4.98 Å². The average Bonchev–Trinajstić information content (AvgIpc) is 2.50. The van der Waals surface area contributed by atoms with E-state index < -0.39 is 4.92 Å². The summed E-state index contributed by atoms with van der Waals surface area (Å²) < 4.78 is 4.95. The largest absolute Gasteiger partial charge is 0.383 e. The molecular weight excluding hydrogens is 284 g/mol. The predicted octanol–water partition coefficient (Wildman–Crippen LogP) is 3.04. The van der Waals surface area contributed by atoms with Crippen LogP contribution in [0, 0.1) is 16.0 Å². The number of methoxy groups -OCH3 is 1. The first-order chi connectivity index (χ1) is 10.6. The zero-order valence-electron chi connectivity index (χ0n) is 13.2. The summed E-state index contributed by atoms with van der Waals surface area (Å²) in [5.41, 5.74) is -0.0149. The molecule has 1 aromatic heterocycles. The number of nitrogens with zero attached hydrogens (tertiary/aromatic N) is 2. The summed E-state index contributed by atoms with van der Waals surface area (Å²) in [5, 5.41) is 17.4. The number of rotatable bonds is 7. The fourth-order valence-electron chi connectivity index (χ4n) is 2.69. The first kappa shape index (κ1) is 16.5. The zero-order valence-corrected chi connectivity index (χ0v) is 13.2. The highest BCUT2D eigenvalue weighted by Crippen LogP contribution is 2.28. The van der Waals surface area contributed by atoms with Crippen molar-refractivity contribution in [3.05, 3.63) is 22.2 Å². The van der Waals surface area contributed by atoms with Gasteiger partial charge in [-0.1, -0.05) is 6.92 Å². The fraction of sp³-hybridized carbons (Fsp3) is 0.667. The number of ether oxygens (including phenoxy) is 1. The van der Waals surface area contributed by atoms with Gasteiger partial charge < -0.3 is 15.4 Å². The minimum absolute atomic E-state index is 0.0149. The second kappa shape index (κ2) is 7.93. The third-order valence-electron chi connectivity index (χ3n) is 4.04. The zero-order chi connectivity index (χ0) is 15.9. The monoisotopic (exact) mass is 308 g/mol. The standard InChI is InChI=1S/C15H24N4O3/c1-11-3-5-12(6-4-11)17-14-8-7-13(19(20)21)15(18-14)16-9-10-22-2/h7-8,11-12H,3-6,9-10H2,1-2H3,(H2,16,17,18). The molecule has 0 bridgehead atoms. The van der Waals surface area contributed by atoms with Gasteiger partial charge in [-0.2, -0.15) is 0 Å².